The van der Waals surface area contributed by atoms with Gasteiger partial charge in [0.15, 0.2) is 0 Å². The highest BCUT2D eigenvalue weighted by Crippen LogP contribution is 2.26. The van der Waals surface area contributed by atoms with Crippen LogP contribution in [0.1, 0.15) is 37.3 Å². The molecule has 0 aromatic heterocycles. The van der Waals surface area contributed by atoms with Crippen LogP contribution in [0.4, 0.5) is 0 Å². The molecule has 0 bridgehead atoms. The van der Waals surface area contributed by atoms with Crippen LogP contribution in [0.5, 0.6) is 0 Å². The number of rotatable bonds is 3. The van der Waals surface area contributed by atoms with Crippen LogP contribution in [0.25, 0.3) is 0 Å². The standard InChI is InChI=1S/C21H30N2O3/c1-15-3-5-17(6-4-15)13-19-9-12-23(14-20(19)25)21(26)18-7-10-22(11-8-18)16(2)24/h3-6,18-20,25H,7-14H2,1-2H3/t19-,20+/m1/s1. The fraction of sp³-hybridized carbons (Fsp3) is 0.619. The Morgan fingerprint density at radius 3 is 2.23 bits per heavy atom. The lowest BCUT2D eigenvalue weighted by Gasteiger charge is -2.39. The highest BCUT2D eigenvalue weighted by Gasteiger charge is 2.34. The summed E-state index contributed by atoms with van der Waals surface area (Å²) < 4.78 is 0. The summed E-state index contributed by atoms with van der Waals surface area (Å²) in [6, 6.07) is 8.46. The first-order valence-corrected chi connectivity index (χ1v) is 9.72. The number of benzene rings is 1. The molecule has 2 saturated heterocycles. The van der Waals surface area contributed by atoms with Crippen molar-refractivity contribution in [3.8, 4) is 0 Å². The van der Waals surface area contributed by atoms with E-state index < -0.39 is 6.10 Å². The summed E-state index contributed by atoms with van der Waals surface area (Å²) in [6.07, 6.45) is 2.70. The molecule has 2 aliphatic heterocycles. The number of nitrogens with zero attached hydrogens (tertiary/aromatic N) is 2. The molecule has 0 spiro atoms. The van der Waals surface area contributed by atoms with Gasteiger partial charge in [0.2, 0.25) is 11.8 Å². The second-order valence-corrected chi connectivity index (χ2v) is 7.87. The molecule has 2 aliphatic rings. The van der Waals surface area contributed by atoms with E-state index in [0.29, 0.717) is 19.6 Å². The number of aliphatic hydroxyl groups is 1. The van der Waals surface area contributed by atoms with Gasteiger partial charge in [-0.2, -0.15) is 0 Å². The van der Waals surface area contributed by atoms with E-state index in [9.17, 15) is 14.7 Å². The topological polar surface area (TPSA) is 60.9 Å². The SMILES string of the molecule is CC(=O)N1CCC(C(=O)N2CC[C@H](Cc3ccc(C)cc3)[C@@H](O)C2)CC1. The molecular formula is C21H30N2O3. The van der Waals surface area contributed by atoms with Gasteiger partial charge in [0, 0.05) is 39.0 Å². The van der Waals surface area contributed by atoms with Crippen LogP contribution in [0.2, 0.25) is 0 Å². The number of hydrogen-bond acceptors (Lipinski definition) is 3. The Bertz CT molecular complexity index is 635. The highest BCUT2D eigenvalue weighted by atomic mass is 16.3. The van der Waals surface area contributed by atoms with Crippen LogP contribution in [-0.2, 0) is 16.0 Å². The van der Waals surface area contributed by atoms with E-state index in [1.54, 1.807) is 6.92 Å². The first-order chi connectivity index (χ1) is 12.4. The molecule has 0 aliphatic carbocycles. The molecule has 142 valence electrons. The molecule has 0 saturated carbocycles. The van der Waals surface area contributed by atoms with Crippen LogP contribution >= 0.6 is 0 Å². The van der Waals surface area contributed by atoms with Gasteiger partial charge in [-0.05, 0) is 44.1 Å². The van der Waals surface area contributed by atoms with Crippen molar-refractivity contribution < 1.29 is 14.7 Å². The average Bonchev–Trinajstić information content (AvgIpc) is 2.64. The molecule has 5 nitrogen and oxygen atoms in total. The zero-order chi connectivity index (χ0) is 18.7. The molecule has 1 aromatic carbocycles. The molecule has 2 fully saturated rings. The van der Waals surface area contributed by atoms with E-state index in [0.717, 1.165) is 32.2 Å². The van der Waals surface area contributed by atoms with Crippen LogP contribution in [0.15, 0.2) is 24.3 Å². The lowest BCUT2D eigenvalue weighted by molar-refractivity contribution is -0.143. The van der Waals surface area contributed by atoms with E-state index in [4.69, 9.17) is 0 Å². The molecule has 5 heteroatoms. The first kappa shape index (κ1) is 18.9. The first-order valence-electron chi connectivity index (χ1n) is 9.72. The van der Waals surface area contributed by atoms with Gasteiger partial charge in [-0.1, -0.05) is 29.8 Å². The highest BCUT2D eigenvalue weighted by molar-refractivity contribution is 5.80. The summed E-state index contributed by atoms with van der Waals surface area (Å²) in [6.45, 7) is 6.14. The van der Waals surface area contributed by atoms with Crippen molar-refractivity contribution in [1.29, 1.82) is 0 Å². The quantitative estimate of drug-likeness (QED) is 0.899. The van der Waals surface area contributed by atoms with Gasteiger partial charge in [-0.3, -0.25) is 9.59 Å². The Labute approximate surface area is 156 Å². The number of amides is 2. The average molecular weight is 358 g/mol. The summed E-state index contributed by atoms with van der Waals surface area (Å²) in [7, 11) is 0. The maximum atomic E-state index is 12.8. The largest absolute Gasteiger partial charge is 0.391 e. The lowest BCUT2D eigenvalue weighted by Crippen LogP contribution is -2.50. The Kier molecular flexibility index (Phi) is 5.97. The summed E-state index contributed by atoms with van der Waals surface area (Å²) in [5, 5.41) is 10.6. The van der Waals surface area contributed by atoms with Gasteiger partial charge in [0.1, 0.15) is 0 Å². The zero-order valence-electron chi connectivity index (χ0n) is 15.9. The summed E-state index contributed by atoms with van der Waals surface area (Å²) in [5.41, 5.74) is 2.49. The summed E-state index contributed by atoms with van der Waals surface area (Å²) in [4.78, 5) is 27.9. The van der Waals surface area contributed by atoms with E-state index in [2.05, 4.69) is 31.2 Å². The maximum Gasteiger partial charge on any atom is 0.225 e. The molecule has 2 heterocycles. The van der Waals surface area contributed by atoms with Gasteiger partial charge < -0.3 is 14.9 Å². The molecule has 2 amide bonds. The van der Waals surface area contributed by atoms with Gasteiger partial charge in [0.05, 0.1) is 6.10 Å². The van der Waals surface area contributed by atoms with Gasteiger partial charge in [-0.15, -0.1) is 0 Å². The monoisotopic (exact) mass is 358 g/mol. The fourth-order valence-corrected chi connectivity index (χ4v) is 4.14. The number of piperidine rings is 2. The molecule has 1 aromatic rings. The third-order valence-corrected chi connectivity index (χ3v) is 5.94. The number of carbonyl (C=O) groups excluding carboxylic acids is 2. The maximum absolute atomic E-state index is 12.8. The lowest BCUT2D eigenvalue weighted by atomic mass is 9.86. The fourth-order valence-electron chi connectivity index (χ4n) is 4.14. The normalized spacial score (nSPS) is 24.6. The van der Waals surface area contributed by atoms with Crippen LogP contribution in [-0.4, -0.2) is 59.0 Å². The number of aryl methyl sites for hydroxylation is 1. The Hall–Kier alpha value is -1.88. The predicted molar refractivity (Wildman–Crippen MR) is 101 cm³/mol. The smallest absolute Gasteiger partial charge is 0.225 e. The van der Waals surface area contributed by atoms with Gasteiger partial charge in [0.25, 0.3) is 0 Å². The minimum absolute atomic E-state index is 0.00792. The van der Waals surface area contributed by atoms with E-state index >= 15 is 0 Å². The minimum Gasteiger partial charge on any atom is -0.391 e. The van der Waals surface area contributed by atoms with Crippen molar-refractivity contribution in [2.24, 2.45) is 11.8 Å². The second kappa shape index (κ2) is 8.21. The molecule has 0 unspecified atom stereocenters. The second-order valence-electron chi connectivity index (χ2n) is 7.87. The Balaban J connectivity index is 1.51. The predicted octanol–water partition coefficient (Wildman–Crippen LogP) is 2.01. The molecule has 0 radical (unpaired) electrons. The summed E-state index contributed by atoms with van der Waals surface area (Å²) in [5.74, 6) is 0.442. The Morgan fingerprint density at radius 1 is 1.04 bits per heavy atom. The van der Waals surface area contributed by atoms with Crippen molar-refractivity contribution in [3.63, 3.8) is 0 Å². The molecule has 2 atom stereocenters. The van der Waals surface area contributed by atoms with Crippen molar-refractivity contribution in [2.75, 3.05) is 26.2 Å². The molecule has 1 N–H and O–H groups in total. The van der Waals surface area contributed by atoms with E-state index in [1.165, 1.54) is 11.1 Å². The minimum atomic E-state index is -0.466. The molecule has 3 rings (SSSR count). The third kappa shape index (κ3) is 4.44. The number of likely N-dealkylation sites (tertiary alicyclic amines) is 2. The van der Waals surface area contributed by atoms with Crippen molar-refractivity contribution >= 4 is 11.8 Å². The van der Waals surface area contributed by atoms with Gasteiger partial charge in [-0.25, -0.2) is 0 Å². The zero-order valence-corrected chi connectivity index (χ0v) is 15.9. The van der Waals surface area contributed by atoms with E-state index in [-0.39, 0.29) is 23.7 Å². The molecule has 26 heavy (non-hydrogen) atoms. The number of carbonyl (C=O) groups is 2. The third-order valence-electron chi connectivity index (χ3n) is 5.94. The Morgan fingerprint density at radius 2 is 1.65 bits per heavy atom. The van der Waals surface area contributed by atoms with Gasteiger partial charge >= 0.3 is 0 Å². The molecular weight excluding hydrogens is 328 g/mol. The van der Waals surface area contributed by atoms with Crippen LogP contribution < -0.4 is 0 Å². The summed E-state index contributed by atoms with van der Waals surface area (Å²) >= 11 is 0. The van der Waals surface area contributed by atoms with E-state index in [1.807, 2.05) is 9.80 Å². The number of β-amino-alcohol motifs (C(OH)–C–C–N with tert-alkyl or cyclic N) is 1. The van der Waals surface area contributed by atoms with Crippen LogP contribution in [0, 0.1) is 18.8 Å². The van der Waals surface area contributed by atoms with Crippen molar-refractivity contribution in [3.05, 3.63) is 35.4 Å². The van der Waals surface area contributed by atoms with Crippen molar-refractivity contribution in [1.82, 2.24) is 9.80 Å². The number of aliphatic hydroxyl groups excluding tert-OH is 1. The van der Waals surface area contributed by atoms with Crippen LogP contribution in [0.3, 0.4) is 0 Å². The number of hydrogen-bond donors (Lipinski definition) is 1. The van der Waals surface area contributed by atoms with Crippen molar-refractivity contribution in [2.45, 2.75) is 45.6 Å².